The number of carbonyl (C=O) groups is 2. The van der Waals surface area contributed by atoms with Crippen molar-refractivity contribution >= 4 is 23.1 Å². The molecule has 0 spiro atoms. The Kier molecular flexibility index (Phi) is 4.93. The molecular formula is C24H19NO8. The van der Waals surface area contributed by atoms with Crippen LogP contribution in [0.4, 0.5) is 5.69 Å². The molecule has 2 aliphatic heterocycles. The Balaban J connectivity index is 1.73. The largest absolute Gasteiger partial charge is 0.506 e. The van der Waals surface area contributed by atoms with Crippen molar-refractivity contribution < 1.29 is 38.1 Å². The average molecular weight is 449 g/mol. The molecule has 0 aliphatic carbocycles. The summed E-state index contributed by atoms with van der Waals surface area (Å²) in [5.41, 5.74) is 0.381. The highest BCUT2D eigenvalue weighted by molar-refractivity contribution is 6.51. The van der Waals surface area contributed by atoms with E-state index in [9.17, 15) is 14.7 Å². The number of ketones is 1. The molecule has 9 nitrogen and oxygen atoms in total. The number of anilines is 1. The zero-order valence-corrected chi connectivity index (χ0v) is 17.7. The molecule has 33 heavy (non-hydrogen) atoms. The highest BCUT2D eigenvalue weighted by atomic mass is 16.7. The molecule has 1 fully saturated rings. The summed E-state index contributed by atoms with van der Waals surface area (Å²) in [4.78, 5) is 27.7. The maximum atomic E-state index is 13.3. The first-order chi connectivity index (χ1) is 16.0. The average Bonchev–Trinajstić information content (AvgIpc) is 3.58. The van der Waals surface area contributed by atoms with Crippen molar-refractivity contribution in [3.8, 4) is 23.0 Å². The molecule has 168 valence electrons. The van der Waals surface area contributed by atoms with E-state index in [4.69, 9.17) is 23.4 Å². The smallest absolute Gasteiger partial charge is 0.300 e. The van der Waals surface area contributed by atoms with Crippen molar-refractivity contribution in [3.05, 3.63) is 71.7 Å². The first-order valence-corrected chi connectivity index (χ1v) is 10.0. The third-order valence-corrected chi connectivity index (χ3v) is 5.56. The van der Waals surface area contributed by atoms with Crippen molar-refractivity contribution in [2.45, 2.75) is 6.04 Å². The van der Waals surface area contributed by atoms with Crippen LogP contribution in [0, 0.1) is 0 Å². The molecule has 1 atom stereocenters. The number of methoxy groups -OCH3 is 2. The van der Waals surface area contributed by atoms with Crippen LogP contribution in [0.2, 0.25) is 0 Å². The molecule has 1 aromatic heterocycles. The van der Waals surface area contributed by atoms with E-state index >= 15 is 0 Å². The number of ether oxygens (including phenoxy) is 4. The summed E-state index contributed by atoms with van der Waals surface area (Å²) in [6.07, 6.45) is 1.43. The topological polar surface area (TPSA) is 108 Å². The molecule has 1 unspecified atom stereocenters. The first kappa shape index (κ1) is 20.5. The molecule has 0 radical (unpaired) electrons. The molecular weight excluding hydrogens is 430 g/mol. The minimum atomic E-state index is -1.03. The summed E-state index contributed by atoms with van der Waals surface area (Å²) < 4.78 is 27.1. The summed E-state index contributed by atoms with van der Waals surface area (Å²) in [6, 6.07) is 12.0. The summed E-state index contributed by atoms with van der Waals surface area (Å²) >= 11 is 0. The Bertz CT molecular complexity index is 1260. The van der Waals surface area contributed by atoms with Gasteiger partial charge in [-0.1, -0.05) is 6.07 Å². The third kappa shape index (κ3) is 3.16. The monoisotopic (exact) mass is 449 g/mol. The van der Waals surface area contributed by atoms with Gasteiger partial charge < -0.3 is 28.5 Å². The SMILES string of the molecule is COc1cccc(OC)c1/C(O)=C1\C(=O)C(=O)N(c2ccc3c(c2)OCO3)C1c1ccco1. The van der Waals surface area contributed by atoms with E-state index in [1.165, 1.54) is 25.4 Å². The summed E-state index contributed by atoms with van der Waals surface area (Å²) in [7, 11) is 2.86. The van der Waals surface area contributed by atoms with Gasteiger partial charge >= 0.3 is 0 Å². The van der Waals surface area contributed by atoms with Gasteiger partial charge in [-0.15, -0.1) is 0 Å². The molecule has 5 rings (SSSR count). The van der Waals surface area contributed by atoms with Gasteiger partial charge in [0.05, 0.1) is 26.1 Å². The first-order valence-electron chi connectivity index (χ1n) is 10.0. The van der Waals surface area contributed by atoms with Gasteiger partial charge in [0.25, 0.3) is 11.7 Å². The van der Waals surface area contributed by atoms with E-state index in [1.54, 1.807) is 48.5 Å². The molecule has 2 aromatic carbocycles. The van der Waals surface area contributed by atoms with Crippen LogP contribution in [0.1, 0.15) is 17.4 Å². The number of Topliss-reactive ketones (excluding diaryl/α,β-unsaturated/α-hetero) is 1. The molecule has 3 aromatic rings. The van der Waals surface area contributed by atoms with Gasteiger partial charge in [0.1, 0.15) is 34.6 Å². The number of aliphatic hydroxyl groups excluding tert-OH is 1. The van der Waals surface area contributed by atoms with Crippen molar-refractivity contribution in [1.29, 1.82) is 0 Å². The normalized spacial score (nSPS) is 18.6. The lowest BCUT2D eigenvalue weighted by Gasteiger charge is -2.24. The molecule has 2 aliphatic rings. The standard InChI is InChI=1S/C24H19NO8/c1-29-15-5-3-6-16(30-2)19(15)22(26)20-21(17-7-4-10-31-17)25(24(28)23(20)27)13-8-9-14-18(11-13)33-12-32-14/h3-11,21,26H,12H2,1-2H3/b22-20+. The number of hydrogen-bond acceptors (Lipinski definition) is 8. The van der Waals surface area contributed by atoms with Gasteiger partial charge in [-0.05, 0) is 36.4 Å². The Hall–Kier alpha value is -4.40. The number of carbonyl (C=O) groups excluding carboxylic acids is 2. The highest BCUT2D eigenvalue weighted by Crippen LogP contribution is 2.46. The lowest BCUT2D eigenvalue weighted by atomic mass is 9.98. The maximum absolute atomic E-state index is 13.3. The van der Waals surface area contributed by atoms with Crippen LogP contribution >= 0.6 is 0 Å². The number of furan rings is 1. The summed E-state index contributed by atoms with van der Waals surface area (Å²) in [6.45, 7) is 0.0623. The van der Waals surface area contributed by atoms with Gasteiger partial charge in [0, 0.05) is 11.8 Å². The number of rotatable bonds is 5. The fourth-order valence-corrected chi connectivity index (χ4v) is 4.07. The van der Waals surface area contributed by atoms with Gasteiger partial charge in [-0.3, -0.25) is 14.5 Å². The summed E-state index contributed by atoms with van der Waals surface area (Å²) in [5, 5.41) is 11.4. The van der Waals surface area contributed by atoms with Crippen molar-refractivity contribution in [2.75, 3.05) is 25.9 Å². The van der Waals surface area contributed by atoms with Crippen molar-refractivity contribution in [3.63, 3.8) is 0 Å². The Morgan fingerprint density at radius 1 is 1.00 bits per heavy atom. The quantitative estimate of drug-likeness (QED) is 0.357. The van der Waals surface area contributed by atoms with E-state index in [0.717, 1.165) is 0 Å². The van der Waals surface area contributed by atoms with Crippen molar-refractivity contribution in [2.24, 2.45) is 0 Å². The fourth-order valence-electron chi connectivity index (χ4n) is 4.07. The number of aliphatic hydroxyl groups is 1. The van der Waals surface area contributed by atoms with Crippen LogP contribution in [-0.2, 0) is 9.59 Å². The van der Waals surface area contributed by atoms with E-state index in [1.807, 2.05) is 0 Å². The molecule has 0 bridgehead atoms. The van der Waals surface area contributed by atoms with E-state index < -0.39 is 23.5 Å². The number of nitrogens with zero attached hydrogens (tertiary/aromatic N) is 1. The van der Waals surface area contributed by atoms with Gasteiger partial charge in [-0.25, -0.2) is 0 Å². The fraction of sp³-hybridized carbons (Fsp3) is 0.167. The third-order valence-electron chi connectivity index (χ3n) is 5.56. The molecule has 3 heterocycles. The zero-order valence-electron chi connectivity index (χ0n) is 17.7. The molecule has 1 amide bonds. The lowest BCUT2D eigenvalue weighted by Crippen LogP contribution is -2.29. The second kappa shape index (κ2) is 7.94. The van der Waals surface area contributed by atoms with Gasteiger partial charge in [0.2, 0.25) is 6.79 Å². The van der Waals surface area contributed by atoms with Gasteiger partial charge in [-0.2, -0.15) is 0 Å². The Morgan fingerprint density at radius 2 is 1.73 bits per heavy atom. The second-order valence-corrected chi connectivity index (χ2v) is 7.26. The molecule has 9 heteroatoms. The van der Waals surface area contributed by atoms with Crippen molar-refractivity contribution in [1.82, 2.24) is 0 Å². The van der Waals surface area contributed by atoms with Crippen LogP contribution in [-0.4, -0.2) is 37.8 Å². The Labute approximate surface area is 188 Å². The van der Waals surface area contributed by atoms with Crippen LogP contribution in [0.15, 0.2) is 64.8 Å². The van der Waals surface area contributed by atoms with Crippen LogP contribution in [0.5, 0.6) is 23.0 Å². The molecule has 0 saturated carbocycles. The maximum Gasteiger partial charge on any atom is 0.300 e. The number of benzene rings is 2. The lowest BCUT2D eigenvalue weighted by molar-refractivity contribution is -0.132. The molecule has 1 N–H and O–H groups in total. The minimum Gasteiger partial charge on any atom is -0.506 e. The highest BCUT2D eigenvalue weighted by Gasteiger charge is 2.49. The van der Waals surface area contributed by atoms with Gasteiger partial charge in [0.15, 0.2) is 11.5 Å². The number of fused-ring (bicyclic) bond motifs is 1. The minimum absolute atomic E-state index is 0.0623. The second-order valence-electron chi connectivity index (χ2n) is 7.26. The Morgan fingerprint density at radius 3 is 2.39 bits per heavy atom. The van der Waals surface area contributed by atoms with E-state index in [-0.39, 0.29) is 29.4 Å². The number of amides is 1. The zero-order chi connectivity index (χ0) is 23.1. The molecule has 1 saturated heterocycles. The number of hydrogen-bond donors (Lipinski definition) is 1. The van der Waals surface area contributed by atoms with Crippen LogP contribution in [0.25, 0.3) is 5.76 Å². The van der Waals surface area contributed by atoms with Crippen LogP contribution in [0.3, 0.4) is 0 Å². The van der Waals surface area contributed by atoms with E-state index in [0.29, 0.717) is 22.9 Å². The van der Waals surface area contributed by atoms with E-state index in [2.05, 4.69) is 0 Å². The predicted molar refractivity (Wildman–Crippen MR) is 116 cm³/mol. The predicted octanol–water partition coefficient (Wildman–Crippen LogP) is 3.65. The summed E-state index contributed by atoms with van der Waals surface area (Å²) in [5.74, 6) is -0.318. The van der Waals surface area contributed by atoms with Crippen LogP contribution < -0.4 is 23.8 Å².